The highest BCUT2D eigenvalue weighted by atomic mass is 79.9. The normalized spacial score (nSPS) is 12.2. The van der Waals surface area contributed by atoms with Gasteiger partial charge in [0.15, 0.2) is 6.10 Å². The van der Waals surface area contributed by atoms with Gasteiger partial charge < -0.3 is 10.2 Å². The number of aliphatic hydroxyl groups excluding tert-OH is 1. The number of hydrogen-bond acceptors (Lipinski definition) is 4. The number of thioether (sulfide) groups is 1. The number of benzene rings is 1. The second-order valence-corrected chi connectivity index (χ2v) is 5.07. The number of carboxylic acids is 1. The van der Waals surface area contributed by atoms with E-state index < -0.39 is 12.1 Å². The molecule has 1 unspecified atom stereocenters. The van der Waals surface area contributed by atoms with Crippen molar-refractivity contribution in [2.75, 3.05) is 11.6 Å². The summed E-state index contributed by atoms with van der Waals surface area (Å²) in [6, 6.07) is 4.84. The first kappa shape index (κ1) is 15.2. The van der Waals surface area contributed by atoms with E-state index in [1.54, 1.807) is 12.1 Å². The summed E-state index contributed by atoms with van der Waals surface area (Å²) < 4.78 is 0. The van der Waals surface area contributed by atoms with E-state index in [2.05, 4.69) is 15.9 Å². The molecule has 98 valence electrons. The summed E-state index contributed by atoms with van der Waals surface area (Å²) in [6.45, 7) is 0. The van der Waals surface area contributed by atoms with Crippen LogP contribution < -0.4 is 0 Å². The Morgan fingerprint density at radius 2 is 2.11 bits per heavy atom. The maximum absolute atomic E-state index is 11.4. The lowest BCUT2D eigenvalue weighted by Gasteiger charge is -2.11. The van der Waals surface area contributed by atoms with Crippen molar-refractivity contribution in [3.63, 3.8) is 0 Å². The minimum atomic E-state index is -1.53. The largest absolute Gasteiger partial charge is 0.479 e. The summed E-state index contributed by atoms with van der Waals surface area (Å²) in [7, 11) is 0. The minimum Gasteiger partial charge on any atom is -0.479 e. The molecule has 0 heterocycles. The van der Waals surface area contributed by atoms with Gasteiger partial charge >= 0.3 is 5.97 Å². The third-order valence-electron chi connectivity index (χ3n) is 2.40. The number of hydrogen-bond donors (Lipinski definition) is 2. The molecular weight excluding hydrogens is 320 g/mol. The highest BCUT2D eigenvalue weighted by Crippen LogP contribution is 2.25. The van der Waals surface area contributed by atoms with E-state index in [1.807, 2.05) is 6.26 Å². The third kappa shape index (κ3) is 3.83. The number of alkyl halides is 1. The number of ketones is 1. The predicted octanol–water partition coefficient (Wildman–Crippen LogP) is 2.03. The Hall–Kier alpha value is -0.850. The van der Waals surface area contributed by atoms with E-state index in [4.69, 9.17) is 5.11 Å². The Bertz CT molecular complexity index is 461. The summed E-state index contributed by atoms with van der Waals surface area (Å²) in [6.07, 6.45) is 0.607. The highest BCUT2D eigenvalue weighted by Gasteiger charge is 2.17. The molecule has 1 rings (SSSR count). The van der Waals surface area contributed by atoms with Crippen LogP contribution in [-0.4, -0.2) is 33.6 Å². The number of aliphatic carboxylic acids is 1. The number of carbonyl (C=O) groups excluding carboxylic acids is 1. The first-order chi connectivity index (χ1) is 8.49. The molecule has 0 fully saturated rings. The van der Waals surface area contributed by atoms with E-state index in [0.717, 1.165) is 10.5 Å². The Kier molecular flexibility index (Phi) is 5.84. The number of rotatable bonds is 6. The Labute approximate surface area is 118 Å². The van der Waals surface area contributed by atoms with E-state index in [-0.39, 0.29) is 5.78 Å². The molecular formula is C12H13BrO4S. The van der Waals surface area contributed by atoms with Gasteiger partial charge in [0.05, 0.1) is 5.33 Å². The van der Waals surface area contributed by atoms with Gasteiger partial charge in [-0.1, -0.05) is 28.1 Å². The highest BCUT2D eigenvalue weighted by molar-refractivity contribution is 9.09. The van der Waals surface area contributed by atoms with Crippen LogP contribution in [0.4, 0.5) is 0 Å². The minimum absolute atomic E-state index is 0.0526. The molecule has 6 heteroatoms. The van der Waals surface area contributed by atoms with Crippen molar-refractivity contribution in [2.24, 2.45) is 0 Å². The van der Waals surface area contributed by atoms with Crippen molar-refractivity contribution in [1.29, 1.82) is 0 Å². The average molecular weight is 333 g/mol. The van der Waals surface area contributed by atoms with Crippen LogP contribution in [-0.2, 0) is 16.0 Å². The molecule has 0 saturated heterocycles. The smallest absolute Gasteiger partial charge is 0.337 e. The summed E-state index contributed by atoms with van der Waals surface area (Å²) in [4.78, 5) is 22.9. The molecule has 2 N–H and O–H groups in total. The van der Waals surface area contributed by atoms with Crippen molar-refractivity contribution in [1.82, 2.24) is 0 Å². The first-order valence-corrected chi connectivity index (χ1v) is 7.49. The van der Waals surface area contributed by atoms with Crippen molar-refractivity contribution < 1.29 is 19.8 Å². The monoisotopic (exact) mass is 332 g/mol. The van der Waals surface area contributed by atoms with Gasteiger partial charge in [-0.25, -0.2) is 4.79 Å². The lowest BCUT2D eigenvalue weighted by molar-refractivity contribution is -0.147. The van der Waals surface area contributed by atoms with Gasteiger partial charge in [-0.05, 0) is 23.4 Å². The zero-order chi connectivity index (χ0) is 13.7. The van der Waals surface area contributed by atoms with Crippen molar-refractivity contribution in [3.05, 3.63) is 29.3 Å². The second-order valence-electron chi connectivity index (χ2n) is 3.66. The molecule has 0 bridgehead atoms. The van der Waals surface area contributed by atoms with Gasteiger partial charge in [0.25, 0.3) is 0 Å². The van der Waals surface area contributed by atoms with Crippen LogP contribution in [0.2, 0.25) is 0 Å². The van der Waals surface area contributed by atoms with E-state index in [0.29, 0.717) is 17.3 Å². The molecule has 0 aromatic heterocycles. The van der Waals surface area contributed by atoms with Crippen LogP contribution in [0.15, 0.2) is 23.1 Å². The Morgan fingerprint density at radius 1 is 1.44 bits per heavy atom. The summed E-state index contributed by atoms with van der Waals surface area (Å²) in [5, 5.41) is 18.5. The molecule has 0 amide bonds. The molecule has 0 aliphatic rings. The van der Waals surface area contributed by atoms with Crippen LogP contribution in [0.3, 0.4) is 0 Å². The maximum Gasteiger partial charge on any atom is 0.337 e. The molecule has 0 aliphatic heterocycles. The van der Waals surface area contributed by atoms with Crippen molar-refractivity contribution in [2.45, 2.75) is 17.4 Å². The van der Waals surface area contributed by atoms with Gasteiger partial charge in [-0.2, -0.15) is 0 Å². The van der Waals surface area contributed by atoms with Crippen LogP contribution in [0, 0.1) is 0 Å². The SMILES string of the molecule is CSc1cc(C(O)C(=O)O)ccc1CC(=O)CBr. The van der Waals surface area contributed by atoms with Crippen LogP contribution >= 0.6 is 27.7 Å². The van der Waals surface area contributed by atoms with Gasteiger partial charge in [-0.15, -0.1) is 11.8 Å². The average Bonchev–Trinajstić information content (AvgIpc) is 2.37. The Morgan fingerprint density at radius 3 is 2.61 bits per heavy atom. The third-order valence-corrected chi connectivity index (χ3v) is 3.84. The van der Waals surface area contributed by atoms with Gasteiger partial charge in [0.1, 0.15) is 5.78 Å². The molecule has 18 heavy (non-hydrogen) atoms. The fourth-order valence-corrected chi connectivity index (χ4v) is 2.33. The van der Waals surface area contributed by atoms with Gasteiger partial charge in [-0.3, -0.25) is 4.79 Å². The van der Waals surface area contributed by atoms with Crippen LogP contribution in [0.5, 0.6) is 0 Å². The lowest BCUT2D eigenvalue weighted by atomic mass is 10.0. The molecule has 0 aliphatic carbocycles. The summed E-state index contributed by atoms with van der Waals surface area (Å²) in [5.74, 6) is -1.23. The molecule has 1 atom stereocenters. The lowest BCUT2D eigenvalue weighted by Crippen LogP contribution is -2.11. The van der Waals surface area contributed by atoms with E-state index in [9.17, 15) is 14.7 Å². The topological polar surface area (TPSA) is 74.6 Å². The zero-order valence-electron chi connectivity index (χ0n) is 9.72. The van der Waals surface area contributed by atoms with Gasteiger partial charge in [0.2, 0.25) is 0 Å². The van der Waals surface area contributed by atoms with Crippen LogP contribution in [0.25, 0.3) is 0 Å². The quantitative estimate of drug-likeness (QED) is 0.615. The summed E-state index contributed by atoms with van der Waals surface area (Å²) in [5.41, 5.74) is 1.16. The fraction of sp³-hybridized carbons (Fsp3) is 0.333. The molecule has 1 aromatic rings. The second kappa shape index (κ2) is 6.92. The van der Waals surface area contributed by atoms with Crippen molar-refractivity contribution in [3.8, 4) is 0 Å². The number of carbonyl (C=O) groups is 2. The molecule has 0 saturated carbocycles. The standard InChI is InChI=1S/C12H13BrO4S/c1-18-10-5-8(11(15)12(16)17)3-2-7(10)4-9(14)6-13/h2-3,5,11,15H,4,6H2,1H3,(H,16,17). The predicted molar refractivity (Wildman–Crippen MR) is 73.3 cm³/mol. The Balaban J connectivity index is 3.03. The molecule has 1 aromatic carbocycles. The zero-order valence-corrected chi connectivity index (χ0v) is 12.1. The maximum atomic E-state index is 11.4. The number of halogens is 1. The van der Waals surface area contributed by atoms with Crippen molar-refractivity contribution >= 4 is 39.4 Å². The van der Waals surface area contributed by atoms with E-state index >= 15 is 0 Å². The first-order valence-electron chi connectivity index (χ1n) is 5.15. The molecule has 4 nitrogen and oxygen atoms in total. The molecule has 0 spiro atoms. The van der Waals surface area contributed by atoms with E-state index in [1.165, 1.54) is 17.8 Å². The van der Waals surface area contributed by atoms with Gasteiger partial charge in [0, 0.05) is 11.3 Å². The van der Waals surface area contributed by atoms with Crippen LogP contribution in [0.1, 0.15) is 17.2 Å². The molecule has 0 radical (unpaired) electrons. The number of carboxylic acid groups (broad SMARTS) is 1. The summed E-state index contributed by atoms with van der Waals surface area (Å²) >= 11 is 4.52. The number of aliphatic hydroxyl groups is 1. The fourth-order valence-electron chi connectivity index (χ4n) is 1.48. The number of Topliss-reactive ketones (excluding diaryl/α,β-unsaturated/α-hetero) is 1.